The Morgan fingerprint density at radius 3 is 1.92 bits per heavy atom. The summed E-state index contributed by atoms with van der Waals surface area (Å²) in [6, 6.07) is 0. The minimum atomic E-state index is 0.524. The molecule has 0 aliphatic rings. The highest BCUT2D eigenvalue weighted by Gasteiger charge is 2.28. The number of hydrogen-bond acceptors (Lipinski definition) is 0. The van der Waals surface area contributed by atoms with Gasteiger partial charge in [-0.05, 0) is 24.7 Å². The van der Waals surface area contributed by atoms with Gasteiger partial charge in [-0.15, -0.1) is 0 Å². The summed E-state index contributed by atoms with van der Waals surface area (Å²) < 4.78 is 0. The van der Waals surface area contributed by atoms with Crippen LogP contribution in [0.15, 0.2) is 0 Å². The Hall–Kier alpha value is 0. The molecule has 1 unspecified atom stereocenters. The lowest BCUT2D eigenvalue weighted by atomic mass is 9.70. The molecule has 73 valence electrons. The third-order valence-electron chi connectivity index (χ3n) is 3.48. The smallest absolute Gasteiger partial charge is 0.0277 e. The van der Waals surface area contributed by atoms with Crippen molar-refractivity contribution in [2.24, 2.45) is 11.3 Å². The molecule has 0 aromatic carbocycles. The van der Waals surface area contributed by atoms with Crippen LogP contribution in [0.2, 0.25) is 0 Å². The summed E-state index contributed by atoms with van der Waals surface area (Å²) in [5.41, 5.74) is 0.524. The highest BCUT2D eigenvalue weighted by Crippen LogP contribution is 2.39. The van der Waals surface area contributed by atoms with E-state index in [0.717, 1.165) is 0 Å². The molecule has 0 bridgehead atoms. The number of hydrogen-bond donors (Lipinski definition) is 0. The molecule has 0 aromatic heterocycles. The summed E-state index contributed by atoms with van der Waals surface area (Å²) in [5.74, 6) is 0.596. The minimum absolute atomic E-state index is 0.524. The number of rotatable bonds is 6. The fourth-order valence-electron chi connectivity index (χ4n) is 2.08. The van der Waals surface area contributed by atoms with Crippen molar-refractivity contribution in [3.8, 4) is 0 Å². The molecule has 0 N–H and O–H groups in total. The number of unbranched alkanes of at least 4 members (excludes halogenated alkanes) is 1. The Morgan fingerprint density at radius 2 is 1.67 bits per heavy atom. The first-order valence-electron chi connectivity index (χ1n) is 5.46. The Bertz CT molecular complexity index is 98.6. The van der Waals surface area contributed by atoms with Crippen LogP contribution in [0, 0.1) is 18.3 Å². The molecule has 0 heterocycles. The first-order chi connectivity index (χ1) is 5.63. The van der Waals surface area contributed by atoms with Crippen LogP contribution in [0.5, 0.6) is 0 Å². The van der Waals surface area contributed by atoms with E-state index in [9.17, 15) is 0 Å². The van der Waals surface area contributed by atoms with Crippen LogP contribution < -0.4 is 0 Å². The van der Waals surface area contributed by atoms with E-state index in [1.54, 1.807) is 0 Å². The van der Waals surface area contributed by atoms with Crippen LogP contribution in [-0.4, -0.2) is 0 Å². The van der Waals surface area contributed by atoms with E-state index in [1.165, 1.54) is 32.1 Å². The molecule has 0 saturated heterocycles. The molecule has 0 aromatic rings. The maximum Gasteiger partial charge on any atom is -0.0277 e. The summed E-state index contributed by atoms with van der Waals surface area (Å²) in [7, 11) is 0. The van der Waals surface area contributed by atoms with Crippen LogP contribution >= 0.6 is 0 Å². The van der Waals surface area contributed by atoms with Crippen molar-refractivity contribution < 1.29 is 0 Å². The van der Waals surface area contributed by atoms with Gasteiger partial charge in [-0.2, -0.15) is 0 Å². The zero-order chi connectivity index (χ0) is 9.61. The summed E-state index contributed by atoms with van der Waals surface area (Å²) >= 11 is 0. The van der Waals surface area contributed by atoms with E-state index in [2.05, 4.69) is 34.6 Å². The van der Waals surface area contributed by atoms with E-state index in [4.69, 9.17) is 0 Å². The molecule has 0 saturated carbocycles. The van der Waals surface area contributed by atoms with Crippen LogP contribution in [-0.2, 0) is 0 Å². The largest absolute Gasteiger partial charge is 0.0654 e. The Balaban J connectivity index is 4.15. The van der Waals surface area contributed by atoms with Gasteiger partial charge in [0.25, 0.3) is 0 Å². The van der Waals surface area contributed by atoms with E-state index in [0.29, 0.717) is 11.3 Å². The van der Waals surface area contributed by atoms with Gasteiger partial charge in [0.15, 0.2) is 0 Å². The molecule has 0 spiro atoms. The Kier molecular flexibility index (Phi) is 5.61. The lowest BCUT2D eigenvalue weighted by Crippen LogP contribution is -2.25. The van der Waals surface area contributed by atoms with E-state index in [-0.39, 0.29) is 0 Å². The molecule has 0 aliphatic heterocycles. The Labute approximate surface area is 78.8 Å². The molecular formula is C12H25. The van der Waals surface area contributed by atoms with Crippen molar-refractivity contribution in [2.75, 3.05) is 0 Å². The second kappa shape index (κ2) is 5.61. The highest BCUT2D eigenvalue weighted by molar-refractivity contribution is 4.83. The predicted octanol–water partition coefficient (Wildman–Crippen LogP) is 4.45. The first kappa shape index (κ1) is 12.0. The van der Waals surface area contributed by atoms with Gasteiger partial charge in [0.05, 0.1) is 0 Å². The van der Waals surface area contributed by atoms with Gasteiger partial charge >= 0.3 is 0 Å². The lowest BCUT2D eigenvalue weighted by Gasteiger charge is -2.36. The predicted molar refractivity (Wildman–Crippen MR) is 57.1 cm³/mol. The van der Waals surface area contributed by atoms with Gasteiger partial charge in [-0.3, -0.25) is 0 Å². The normalized spacial score (nSPS) is 12.5. The maximum absolute atomic E-state index is 4.21. The summed E-state index contributed by atoms with van der Waals surface area (Å²) in [5, 5.41) is 0. The first-order valence-corrected chi connectivity index (χ1v) is 5.46. The van der Waals surface area contributed by atoms with Crippen molar-refractivity contribution in [3.63, 3.8) is 0 Å². The quantitative estimate of drug-likeness (QED) is 0.551. The van der Waals surface area contributed by atoms with Crippen molar-refractivity contribution in [1.29, 1.82) is 0 Å². The third kappa shape index (κ3) is 2.80. The average Bonchev–Trinajstić information content (AvgIpc) is 2.07. The SMILES string of the molecule is [CH2]C(C)C(CC)(CC)CCCC. The molecule has 0 heteroatoms. The second-order valence-corrected chi connectivity index (χ2v) is 4.07. The topological polar surface area (TPSA) is 0 Å². The maximum atomic E-state index is 4.21. The van der Waals surface area contributed by atoms with Crippen molar-refractivity contribution in [2.45, 2.75) is 59.8 Å². The van der Waals surface area contributed by atoms with Gasteiger partial charge in [-0.25, -0.2) is 0 Å². The molecule has 0 nitrogen and oxygen atoms in total. The summed E-state index contributed by atoms with van der Waals surface area (Å²) in [6.07, 6.45) is 6.61. The van der Waals surface area contributed by atoms with Crippen LogP contribution in [0.1, 0.15) is 59.8 Å². The molecule has 0 amide bonds. The van der Waals surface area contributed by atoms with E-state index >= 15 is 0 Å². The van der Waals surface area contributed by atoms with Crippen molar-refractivity contribution in [3.05, 3.63) is 6.92 Å². The zero-order valence-electron chi connectivity index (χ0n) is 9.32. The standard InChI is InChI=1S/C12H25/c1-6-9-10-12(7-2,8-3)11(4)5/h11H,4,6-10H2,1-3,5H3. The van der Waals surface area contributed by atoms with E-state index in [1.807, 2.05) is 0 Å². The van der Waals surface area contributed by atoms with Crippen LogP contribution in [0.25, 0.3) is 0 Å². The van der Waals surface area contributed by atoms with E-state index < -0.39 is 0 Å². The molecule has 1 radical (unpaired) electrons. The van der Waals surface area contributed by atoms with Crippen molar-refractivity contribution in [1.82, 2.24) is 0 Å². The second-order valence-electron chi connectivity index (χ2n) is 4.07. The van der Waals surface area contributed by atoms with Gasteiger partial charge in [0.1, 0.15) is 0 Å². The zero-order valence-corrected chi connectivity index (χ0v) is 9.32. The fraction of sp³-hybridized carbons (Fsp3) is 0.917. The monoisotopic (exact) mass is 169 g/mol. The van der Waals surface area contributed by atoms with Gasteiger partial charge in [-0.1, -0.05) is 53.4 Å². The molecule has 1 atom stereocenters. The molecule has 12 heavy (non-hydrogen) atoms. The van der Waals surface area contributed by atoms with Crippen LogP contribution in [0.4, 0.5) is 0 Å². The third-order valence-corrected chi connectivity index (χ3v) is 3.48. The Morgan fingerprint density at radius 1 is 1.17 bits per heavy atom. The lowest BCUT2D eigenvalue weighted by molar-refractivity contribution is 0.167. The molecule has 0 fully saturated rings. The molecule has 0 aliphatic carbocycles. The summed E-state index contributed by atoms with van der Waals surface area (Å²) in [6.45, 7) is 13.4. The van der Waals surface area contributed by atoms with Gasteiger partial charge in [0, 0.05) is 0 Å². The minimum Gasteiger partial charge on any atom is -0.0654 e. The van der Waals surface area contributed by atoms with Gasteiger partial charge in [0.2, 0.25) is 0 Å². The summed E-state index contributed by atoms with van der Waals surface area (Å²) in [4.78, 5) is 0. The fourth-order valence-corrected chi connectivity index (χ4v) is 2.08. The van der Waals surface area contributed by atoms with Gasteiger partial charge < -0.3 is 0 Å². The molecular weight excluding hydrogens is 144 g/mol. The highest BCUT2D eigenvalue weighted by atomic mass is 14.3. The molecule has 0 rings (SSSR count). The average molecular weight is 169 g/mol. The van der Waals surface area contributed by atoms with Crippen molar-refractivity contribution >= 4 is 0 Å². The van der Waals surface area contributed by atoms with Crippen LogP contribution in [0.3, 0.4) is 0 Å².